The number of aldehydes is 1. The molecule has 0 amide bonds. The summed E-state index contributed by atoms with van der Waals surface area (Å²) in [5.74, 6) is 0. The Morgan fingerprint density at radius 3 is 2.50 bits per heavy atom. The van der Waals surface area contributed by atoms with Crippen molar-refractivity contribution in [2.75, 3.05) is 26.3 Å². The van der Waals surface area contributed by atoms with Crippen LogP contribution in [0.15, 0.2) is 36.0 Å². The molecule has 0 N–H and O–H groups in total. The van der Waals surface area contributed by atoms with E-state index in [1.807, 2.05) is 36.4 Å². The Bertz CT molecular complexity index is 367. The predicted molar refractivity (Wildman–Crippen MR) is 62.9 cm³/mol. The molecule has 0 atom stereocenters. The SMILES string of the molecule is O=C/C(=C\c1ccccc1)N1CCOCC1. The van der Waals surface area contributed by atoms with Gasteiger partial charge in [0.25, 0.3) is 0 Å². The average molecular weight is 217 g/mol. The van der Waals surface area contributed by atoms with Crippen LogP contribution in [0.25, 0.3) is 6.08 Å². The van der Waals surface area contributed by atoms with Crippen molar-refractivity contribution in [3.05, 3.63) is 41.6 Å². The van der Waals surface area contributed by atoms with Gasteiger partial charge in [0, 0.05) is 13.1 Å². The fourth-order valence-corrected chi connectivity index (χ4v) is 1.74. The van der Waals surface area contributed by atoms with Gasteiger partial charge in [0.2, 0.25) is 0 Å². The molecule has 3 nitrogen and oxygen atoms in total. The summed E-state index contributed by atoms with van der Waals surface area (Å²) in [6.45, 7) is 2.97. The number of benzene rings is 1. The summed E-state index contributed by atoms with van der Waals surface area (Å²) in [5, 5.41) is 0. The highest BCUT2D eigenvalue weighted by molar-refractivity contribution is 5.80. The summed E-state index contributed by atoms with van der Waals surface area (Å²) < 4.78 is 5.26. The van der Waals surface area contributed by atoms with Crippen LogP contribution in [0.4, 0.5) is 0 Å². The van der Waals surface area contributed by atoms with E-state index >= 15 is 0 Å². The van der Waals surface area contributed by atoms with Crippen LogP contribution in [0, 0.1) is 0 Å². The number of allylic oxidation sites excluding steroid dienone is 1. The minimum atomic E-state index is 0.694. The first kappa shape index (κ1) is 10.9. The molecule has 0 aliphatic carbocycles. The van der Waals surface area contributed by atoms with Crippen molar-refractivity contribution in [1.82, 2.24) is 4.90 Å². The summed E-state index contributed by atoms with van der Waals surface area (Å²) in [7, 11) is 0. The minimum absolute atomic E-state index is 0.694. The Hall–Kier alpha value is -1.61. The lowest BCUT2D eigenvalue weighted by Gasteiger charge is -2.28. The van der Waals surface area contributed by atoms with Crippen molar-refractivity contribution in [3.63, 3.8) is 0 Å². The third kappa shape index (κ3) is 2.70. The zero-order valence-corrected chi connectivity index (χ0v) is 9.13. The van der Waals surface area contributed by atoms with Crippen molar-refractivity contribution < 1.29 is 9.53 Å². The van der Waals surface area contributed by atoms with Crippen LogP contribution in [0.2, 0.25) is 0 Å². The fourth-order valence-electron chi connectivity index (χ4n) is 1.74. The van der Waals surface area contributed by atoms with Gasteiger partial charge in [-0.2, -0.15) is 0 Å². The number of morpholine rings is 1. The maximum atomic E-state index is 11.1. The third-order valence-corrected chi connectivity index (χ3v) is 2.61. The molecule has 1 fully saturated rings. The minimum Gasteiger partial charge on any atom is -0.378 e. The first-order chi connectivity index (χ1) is 7.90. The second-order valence-electron chi connectivity index (χ2n) is 3.70. The molecule has 0 aromatic heterocycles. The average Bonchev–Trinajstić information content (AvgIpc) is 2.38. The fraction of sp³-hybridized carbons (Fsp3) is 0.308. The summed E-state index contributed by atoms with van der Waals surface area (Å²) in [6.07, 6.45) is 2.83. The maximum absolute atomic E-state index is 11.1. The molecule has 1 heterocycles. The first-order valence-corrected chi connectivity index (χ1v) is 5.45. The van der Waals surface area contributed by atoms with Crippen LogP contribution in [0.1, 0.15) is 5.56 Å². The molecule has 16 heavy (non-hydrogen) atoms. The van der Waals surface area contributed by atoms with Crippen LogP contribution in [0.5, 0.6) is 0 Å². The van der Waals surface area contributed by atoms with E-state index in [2.05, 4.69) is 4.90 Å². The van der Waals surface area contributed by atoms with Crippen LogP contribution in [-0.4, -0.2) is 37.5 Å². The van der Waals surface area contributed by atoms with E-state index < -0.39 is 0 Å². The molecule has 0 radical (unpaired) electrons. The molecule has 84 valence electrons. The molecule has 2 rings (SSSR count). The van der Waals surface area contributed by atoms with Gasteiger partial charge >= 0.3 is 0 Å². The van der Waals surface area contributed by atoms with Crippen molar-refractivity contribution in [1.29, 1.82) is 0 Å². The van der Waals surface area contributed by atoms with Gasteiger partial charge in [0.05, 0.1) is 18.9 Å². The van der Waals surface area contributed by atoms with Gasteiger partial charge in [-0.1, -0.05) is 30.3 Å². The molecule has 0 unspecified atom stereocenters. The van der Waals surface area contributed by atoms with Gasteiger partial charge < -0.3 is 9.64 Å². The standard InChI is InChI=1S/C13H15NO2/c15-11-13(14-6-8-16-9-7-14)10-12-4-2-1-3-5-12/h1-5,10-11H,6-9H2/b13-10+. The molecule has 1 aromatic rings. The molecule has 1 aromatic carbocycles. The monoisotopic (exact) mass is 217 g/mol. The Morgan fingerprint density at radius 1 is 1.19 bits per heavy atom. The van der Waals surface area contributed by atoms with Crippen LogP contribution >= 0.6 is 0 Å². The first-order valence-electron chi connectivity index (χ1n) is 5.45. The van der Waals surface area contributed by atoms with E-state index in [-0.39, 0.29) is 0 Å². The van der Waals surface area contributed by atoms with Crippen molar-refractivity contribution in [2.45, 2.75) is 0 Å². The molecule has 0 saturated carbocycles. The molecule has 0 spiro atoms. The lowest BCUT2D eigenvalue weighted by Crippen LogP contribution is -2.35. The van der Waals surface area contributed by atoms with Crippen LogP contribution in [-0.2, 0) is 9.53 Å². The van der Waals surface area contributed by atoms with Crippen molar-refractivity contribution in [2.24, 2.45) is 0 Å². The Balaban J connectivity index is 2.15. The lowest BCUT2D eigenvalue weighted by molar-refractivity contribution is -0.106. The molecule has 0 bridgehead atoms. The number of carbonyl (C=O) groups is 1. The number of hydrogen-bond acceptors (Lipinski definition) is 3. The Kier molecular flexibility index (Phi) is 3.72. The van der Waals surface area contributed by atoms with E-state index in [4.69, 9.17) is 4.74 Å². The molecule has 1 aliphatic heterocycles. The smallest absolute Gasteiger partial charge is 0.166 e. The molecular formula is C13H15NO2. The van der Waals surface area contributed by atoms with E-state index in [9.17, 15) is 4.79 Å². The number of carbonyl (C=O) groups excluding carboxylic acids is 1. The van der Waals surface area contributed by atoms with E-state index in [1.165, 1.54) is 0 Å². The Morgan fingerprint density at radius 2 is 1.88 bits per heavy atom. The van der Waals surface area contributed by atoms with E-state index in [1.54, 1.807) is 0 Å². The van der Waals surface area contributed by atoms with Crippen LogP contribution < -0.4 is 0 Å². The number of ether oxygens (including phenoxy) is 1. The van der Waals surface area contributed by atoms with E-state index in [0.717, 1.165) is 30.6 Å². The zero-order chi connectivity index (χ0) is 11.2. The Labute approximate surface area is 95.3 Å². The quantitative estimate of drug-likeness (QED) is 0.568. The van der Waals surface area contributed by atoms with Gasteiger partial charge in [-0.05, 0) is 11.6 Å². The highest BCUT2D eigenvalue weighted by atomic mass is 16.5. The molecule has 1 aliphatic rings. The maximum Gasteiger partial charge on any atom is 0.166 e. The van der Waals surface area contributed by atoms with Gasteiger partial charge in [-0.15, -0.1) is 0 Å². The summed E-state index contributed by atoms with van der Waals surface area (Å²) in [5.41, 5.74) is 1.78. The van der Waals surface area contributed by atoms with Gasteiger partial charge in [0.1, 0.15) is 0 Å². The van der Waals surface area contributed by atoms with Crippen LogP contribution in [0.3, 0.4) is 0 Å². The predicted octanol–water partition coefficient (Wildman–Crippen LogP) is 1.56. The van der Waals surface area contributed by atoms with E-state index in [0.29, 0.717) is 13.2 Å². The summed E-state index contributed by atoms with van der Waals surface area (Å²) >= 11 is 0. The summed E-state index contributed by atoms with van der Waals surface area (Å²) in [6, 6.07) is 9.88. The van der Waals surface area contributed by atoms with Crippen molar-refractivity contribution >= 4 is 12.4 Å². The van der Waals surface area contributed by atoms with Gasteiger partial charge in [-0.25, -0.2) is 0 Å². The third-order valence-electron chi connectivity index (χ3n) is 2.61. The highest BCUT2D eigenvalue weighted by Gasteiger charge is 2.12. The van der Waals surface area contributed by atoms with Gasteiger partial charge in [-0.3, -0.25) is 4.79 Å². The van der Waals surface area contributed by atoms with Crippen molar-refractivity contribution in [3.8, 4) is 0 Å². The number of hydrogen-bond donors (Lipinski definition) is 0. The topological polar surface area (TPSA) is 29.5 Å². The second-order valence-corrected chi connectivity index (χ2v) is 3.70. The molecular weight excluding hydrogens is 202 g/mol. The summed E-state index contributed by atoms with van der Waals surface area (Å²) in [4.78, 5) is 13.1. The number of rotatable bonds is 3. The molecule has 3 heteroatoms. The second kappa shape index (κ2) is 5.47. The highest BCUT2D eigenvalue weighted by Crippen LogP contribution is 2.10. The largest absolute Gasteiger partial charge is 0.378 e. The normalized spacial score (nSPS) is 17.2. The zero-order valence-electron chi connectivity index (χ0n) is 9.13. The lowest BCUT2D eigenvalue weighted by atomic mass is 10.2. The molecule has 1 saturated heterocycles. The van der Waals surface area contributed by atoms with Gasteiger partial charge in [0.15, 0.2) is 6.29 Å². The number of nitrogens with zero attached hydrogens (tertiary/aromatic N) is 1.